The first-order valence-electron chi connectivity index (χ1n) is 16.0. The van der Waals surface area contributed by atoms with E-state index in [0.29, 0.717) is 23.3 Å². The number of hydrogen-bond acceptors (Lipinski definition) is 8. The molecule has 2 aliphatic rings. The molecule has 4 aromatic rings. The van der Waals surface area contributed by atoms with Gasteiger partial charge in [-0.1, -0.05) is 6.07 Å². The highest BCUT2D eigenvalue weighted by molar-refractivity contribution is 5.91. The van der Waals surface area contributed by atoms with Crippen LogP contribution in [0.5, 0.6) is 5.75 Å². The van der Waals surface area contributed by atoms with Crippen LogP contribution in [0.25, 0.3) is 22.3 Å². The van der Waals surface area contributed by atoms with Crippen molar-refractivity contribution in [3.8, 4) is 28.0 Å². The third-order valence-corrected chi connectivity index (χ3v) is 9.14. The van der Waals surface area contributed by atoms with Crippen molar-refractivity contribution in [3.63, 3.8) is 0 Å². The number of aryl methyl sites for hydroxylation is 1. The highest BCUT2D eigenvalue weighted by atomic mass is 19.4. The van der Waals surface area contributed by atoms with Crippen molar-refractivity contribution >= 4 is 18.0 Å². The molecular formula is C36H30F8N4O5. The van der Waals surface area contributed by atoms with Gasteiger partial charge >= 0.3 is 24.4 Å². The molecule has 1 aromatic heterocycles. The van der Waals surface area contributed by atoms with Gasteiger partial charge in [0.2, 0.25) is 5.95 Å². The molecule has 0 N–H and O–H groups in total. The van der Waals surface area contributed by atoms with Crippen LogP contribution in [0.15, 0.2) is 54.7 Å². The summed E-state index contributed by atoms with van der Waals surface area (Å²) in [6.07, 6.45) is -12.6. The lowest BCUT2D eigenvalue weighted by Gasteiger charge is -2.34. The van der Waals surface area contributed by atoms with Gasteiger partial charge in [0.1, 0.15) is 23.8 Å². The standard InChI is InChI=1S/C36H30F8N4O5/c1-17-7-19(32(49)52-4)5-6-24(17)25-11-26(30(51-3)12-28(25)38)27-13-45-33(47-14-23(37)15-47)46-29(27)16-48-18(2)31(53-34(48)50)20-8-21(35(39,40)41)10-22(9-20)36(42,43)44/h5-13,18,23,31H,14-16H2,1-4H3/t18-,31-/m0/s1. The van der Waals surface area contributed by atoms with Gasteiger partial charge in [-0.05, 0) is 66.9 Å². The van der Waals surface area contributed by atoms with Gasteiger partial charge in [0.15, 0.2) is 0 Å². The molecule has 0 unspecified atom stereocenters. The van der Waals surface area contributed by atoms with Gasteiger partial charge in [0, 0.05) is 29.0 Å². The van der Waals surface area contributed by atoms with E-state index < -0.39 is 71.8 Å². The van der Waals surface area contributed by atoms with Crippen LogP contribution in [0.2, 0.25) is 0 Å². The van der Waals surface area contributed by atoms with Crippen molar-refractivity contribution in [2.75, 3.05) is 32.2 Å². The predicted molar refractivity (Wildman–Crippen MR) is 173 cm³/mol. The number of benzene rings is 3. The first-order valence-corrected chi connectivity index (χ1v) is 16.0. The van der Waals surface area contributed by atoms with E-state index >= 15 is 4.39 Å². The highest BCUT2D eigenvalue weighted by Crippen LogP contribution is 2.43. The number of esters is 1. The first-order chi connectivity index (χ1) is 24.9. The fourth-order valence-electron chi connectivity index (χ4n) is 6.31. The quantitative estimate of drug-likeness (QED) is 0.131. The summed E-state index contributed by atoms with van der Waals surface area (Å²) in [6, 6.07) is 6.97. The monoisotopic (exact) mass is 750 g/mol. The summed E-state index contributed by atoms with van der Waals surface area (Å²) in [4.78, 5) is 36.9. The fraction of sp³-hybridized carbons (Fsp3) is 0.333. The summed E-state index contributed by atoms with van der Waals surface area (Å²) in [6.45, 7) is 2.61. The van der Waals surface area contributed by atoms with E-state index in [9.17, 15) is 40.3 Å². The maximum absolute atomic E-state index is 15.7. The Bertz CT molecular complexity index is 2050. The molecule has 3 heterocycles. The van der Waals surface area contributed by atoms with Crippen molar-refractivity contribution in [1.82, 2.24) is 14.9 Å². The minimum atomic E-state index is -5.13. The summed E-state index contributed by atoms with van der Waals surface area (Å²) in [5.41, 5.74) is -1.82. The second kappa shape index (κ2) is 13.8. The lowest BCUT2D eigenvalue weighted by atomic mass is 9.93. The molecule has 0 radical (unpaired) electrons. The molecule has 2 atom stereocenters. The Kier molecular flexibility index (Phi) is 9.72. The Morgan fingerprint density at radius 1 is 0.925 bits per heavy atom. The van der Waals surface area contributed by atoms with Crippen LogP contribution in [0, 0.1) is 12.7 Å². The zero-order chi connectivity index (χ0) is 38.6. The fourth-order valence-corrected chi connectivity index (χ4v) is 6.31. The maximum Gasteiger partial charge on any atom is 0.416 e. The number of carbonyl (C=O) groups is 2. The van der Waals surface area contributed by atoms with Gasteiger partial charge in [0.25, 0.3) is 0 Å². The summed E-state index contributed by atoms with van der Waals surface area (Å²) >= 11 is 0. The Morgan fingerprint density at radius 3 is 2.15 bits per heavy atom. The Balaban J connectivity index is 1.43. The molecule has 0 aliphatic carbocycles. The smallest absolute Gasteiger partial charge is 0.416 e. The number of amides is 1. The number of rotatable bonds is 8. The van der Waals surface area contributed by atoms with E-state index in [-0.39, 0.29) is 58.8 Å². The van der Waals surface area contributed by atoms with Crippen LogP contribution < -0.4 is 9.64 Å². The van der Waals surface area contributed by atoms with Gasteiger partial charge in [-0.25, -0.2) is 28.3 Å². The molecular weight excluding hydrogens is 720 g/mol. The van der Waals surface area contributed by atoms with Crippen molar-refractivity contribution < 1.29 is 58.9 Å². The molecule has 6 rings (SSSR count). The minimum Gasteiger partial charge on any atom is -0.496 e. The summed E-state index contributed by atoms with van der Waals surface area (Å²) in [5.74, 6) is -1.17. The van der Waals surface area contributed by atoms with Crippen molar-refractivity contribution in [2.45, 2.75) is 51.1 Å². The van der Waals surface area contributed by atoms with Gasteiger partial charge in [-0.2, -0.15) is 26.3 Å². The van der Waals surface area contributed by atoms with E-state index in [0.717, 1.165) is 11.0 Å². The summed E-state index contributed by atoms with van der Waals surface area (Å²) in [5, 5.41) is 0. The highest BCUT2D eigenvalue weighted by Gasteiger charge is 2.44. The number of cyclic esters (lactones) is 1. The number of anilines is 1. The molecule has 9 nitrogen and oxygen atoms in total. The number of alkyl halides is 7. The van der Waals surface area contributed by atoms with E-state index in [2.05, 4.69) is 9.97 Å². The lowest BCUT2D eigenvalue weighted by molar-refractivity contribution is -0.143. The molecule has 17 heteroatoms. The Morgan fingerprint density at radius 2 is 1.58 bits per heavy atom. The number of aromatic nitrogens is 2. The van der Waals surface area contributed by atoms with E-state index in [1.807, 2.05) is 0 Å². The maximum atomic E-state index is 15.7. The molecule has 280 valence electrons. The number of hydrogen-bond donors (Lipinski definition) is 0. The summed E-state index contributed by atoms with van der Waals surface area (Å²) in [7, 11) is 2.51. The SMILES string of the molecule is COC(=O)c1ccc(-c2cc(-c3cnc(N4CC(F)C4)nc3CN3C(=O)O[C@H](c4cc(C(F)(F)F)cc(C(F)(F)F)c4)[C@@H]3C)c(OC)cc2F)c(C)c1. The second-order valence-electron chi connectivity index (χ2n) is 12.6. The van der Waals surface area contributed by atoms with Crippen LogP contribution in [-0.4, -0.2) is 66.5 Å². The largest absolute Gasteiger partial charge is 0.496 e. The van der Waals surface area contributed by atoms with Gasteiger partial charge in [0.05, 0.1) is 62.3 Å². The molecule has 1 amide bonds. The van der Waals surface area contributed by atoms with Crippen LogP contribution in [0.3, 0.4) is 0 Å². The van der Waals surface area contributed by atoms with Gasteiger partial charge in [-0.15, -0.1) is 0 Å². The van der Waals surface area contributed by atoms with Crippen molar-refractivity contribution in [2.24, 2.45) is 0 Å². The number of halogens is 8. The van der Waals surface area contributed by atoms with E-state index in [4.69, 9.17) is 14.2 Å². The number of nitrogens with zero attached hydrogens (tertiary/aromatic N) is 4. The second-order valence-corrected chi connectivity index (χ2v) is 12.6. The molecule has 3 aromatic carbocycles. The first kappa shape index (κ1) is 37.3. The zero-order valence-electron chi connectivity index (χ0n) is 28.4. The van der Waals surface area contributed by atoms with E-state index in [1.54, 1.807) is 6.92 Å². The van der Waals surface area contributed by atoms with E-state index in [1.165, 1.54) is 56.5 Å². The molecule has 0 saturated carbocycles. The third-order valence-electron chi connectivity index (χ3n) is 9.14. The number of ether oxygens (including phenoxy) is 3. The van der Waals surface area contributed by atoms with Crippen LogP contribution in [-0.2, 0) is 28.4 Å². The Hall–Kier alpha value is -5.48. The molecule has 53 heavy (non-hydrogen) atoms. The molecule has 2 aliphatic heterocycles. The van der Waals surface area contributed by atoms with Gasteiger partial charge < -0.3 is 19.1 Å². The normalized spacial score (nSPS) is 17.8. The summed E-state index contributed by atoms with van der Waals surface area (Å²) < 4.78 is 127. The van der Waals surface area contributed by atoms with Crippen molar-refractivity contribution in [3.05, 3.63) is 94.1 Å². The van der Waals surface area contributed by atoms with Crippen LogP contribution in [0.1, 0.15) is 51.3 Å². The predicted octanol–water partition coefficient (Wildman–Crippen LogP) is 8.33. The van der Waals surface area contributed by atoms with Crippen LogP contribution >= 0.6 is 0 Å². The topological polar surface area (TPSA) is 94.1 Å². The van der Waals surface area contributed by atoms with Crippen molar-refractivity contribution in [1.29, 1.82) is 0 Å². The van der Waals surface area contributed by atoms with Gasteiger partial charge in [-0.3, -0.25) is 4.90 Å². The zero-order valence-corrected chi connectivity index (χ0v) is 28.4. The molecule has 2 fully saturated rings. The number of carbonyl (C=O) groups excluding carboxylic acids is 2. The third kappa shape index (κ3) is 7.28. The lowest BCUT2D eigenvalue weighted by Crippen LogP contribution is -2.49. The molecule has 0 bridgehead atoms. The Labute approximate surface area is 297 Å². The number of methoxy groups -OCH3 is 2. The average molecular weight is 751 g/mol. The average Bonchev–Trinajstić information content (AvgIpc) is 3.37. The molecule has 0 spiro atoms. The van der Waals surface area contributed by atoms with Crippen LogP contribution in [0.4, 0.5) is 45.9 Å². The minimum absolute atomic E-state index is 0.0194. The molecule has 2 saturated heterocycles.